The van der Waals surface area contributed by atoms with E-state index in [1.54, 1.807) is 0 Å². The first-order chi connectivity index (χ1) is 6.72. The highest BCUT2D eigenvalue weighted by molar-refractivity contribution is 5.77. The summed E-state index contributed by atoms with van der Waals surface area (Å²) in [6.07, 6.45) is 5.42. The van der Waals surface area contributed by atoms with Gasteiger partial charge in [0, 0.05) is 19.5 Å². The van der Waals surface area contributed by atoms with Gasteiger partial charge in [-0.15, -0.1) is 0 Å². The molecule has 0 spiro atoms. The van der Waals surface area contributed by atoms with Crippen LogP contribution in [0.1, 0.15) is 39.0 Å². The maximum absolute atomic E-state index is 11.8. The second-order valence-electron chi connectivity index (χ2n) is 4.75. The molecule has 3 nitrogen and oxygen atoms in total. The Labute approximate surface area is 85.6 Å². The summed E-state index contributed by atoms with van der Waals surface area (Å²) < 4.78 is 0. The second kappa shape index (κ2) is 3.54. The van der Waals surface area contributed by atoms with Gasteiger partial charge in [0.2, 0.25) is 5.91 Å². The Hall–Kier alpha value is -0.570. The number of carbonyl (C=O) groups excluding carboxylic acids is 1. The summed E-state index contributed by atoms with van der Waals surface area (Å²) in [6.45, 7) is 3.55. The van der Waals surface area contributed by atoms with Crippen molar-refractivity contribution in [3.05, 3.63) is 0 Å². The highest BCUT2D eigenvalue weighted by Crippen LogP contribution is 2.43. The molecule has 1 aliphatic carbocycles. The minimum atomic E-state index is 0.0377. The summed E-state index contributed by atoms with van der Waals surface area (Å²) in [4.78, 5) is 13.9. The fourth-order valence-corrected chi connectivity index (χ4v) is 3.17. The van der Waals surface area contributed by atoms with Gasteiger partial charge in [0.05, 0.1) is 5.54 Å². The van der Waals surface area contributed by atoms with Crippen molar-refractivity contribution in [2.24, 2.45) is 11.7 Å². The van der Waals surface area contributed by atoms with Gasteiger partial charge in [-0.2, -0.15) is 0 Å². The Morgan fingerprint density at radius 2 is 2.43 bits per heavy atom. The van der Waals surface area contributed by atoms with E-state index in [4.69, 9.17) is 5.73 Å². The van der Waals surface area contributed by atoms with Crippen LogP contribution in [0.3, 0.4) is 0 Å². The van der Waals surface area contributed by atoms with E-state index in [2.05, 4.69) is 4.90 Å². The Morgan fingerprint density at radius 1 is 1.64 bits per heavy atom. The molecule has 3 heteroatoms. The summed E-state index contributed by atoms with van der Waals surface area (Å²) in [5.41, 5.74) is 5.90. The van der Waals surface area contributed by atoms with Gasteiger partial charge in [-0.25, -0.2) is 0 Å². The fourth-order valence-electron chi connectivity index (χ4n) is 3.17. The summed E-state index contributed by atoms with van der Waals surface area (Å²) in [5.74, 6) is 1.02. The molecule has 0 aromatic rings. The zero-order valence-electron chi connectivity index (χ0n) is 8.96. The molecule has 14 heavy (non-hydrogen) atoms. The maximum Gasteiger partial charge on any atom is 0.222 e. The quantitative estimate of drug-likeness (QED) is 0.719. The largest absolute Gasteiger partial charge is 0.335 e. The average Bonchev–Trinajstić information content (AvgIpc) is 2.50. The molecule has 1 heterocycles. The molecule has 80 valence electrons. The lowest BCUT2D eigenvalue weighted by atomic mass is 9.80. The fraction of sp³-hybridized carbons (Fsp3) is 0.909. The van der Waals surface area contributed by atoms with Crippen LogP contribution in [0.5, 0.6) is 0 Å². The van der Waals surface area contributed by atoms with Crippen LogP contribution < -0.4 is 5.73 Å². The Balaban J connectivity index is 2.20. The van der Waals surface area contributed by atoms with Crippen molar-refractivity contribution in [2.75, 3.05) is 13.1 Å². The number of hydrogen-bond donors (Lipinski definition) is 1. The average molecular weight is 196 g/mol. The molecule has 2 bridgehead atoms. The van der Waals surface area contributed by atoms with E-state index in [-0.39, 0.29) is 5.54 Å². The zero-order chi connectivity index (χ0) is 10.2. The monoisotopic (exact) mass is 196 g/mol. The highest BCUT2D eigenvalue weighted by Gasteiger charge is 2.48. The molecule has 2 unspecified atom stereocenters. The number of likely N-dealkylation sites (tertiary alicyclic amines) is 1. The van der Waals surface area contributed by atoms with Crippen LogP contribution in [0.15, 0.2) is 0 Å². The van der Waals surface area contributed by atoms with Crippen molar-refractivity contribution in [1.29, 1.82) is 0 Å². The van der Waals surface area contributed by atoms with Crippen LogP contribution in [-0.4, -0.2) is 29.4 Å². The third-order valence-corrected chi connectivity index (χ3v) is 3.92. The van der Waals surface area contributed by atoms with Crippen molar-refractivity contribution in [1.82, 2.24) is 4.90 Å². The second-order valence-corrected chi connectivity index (χ2v) is 4.75. The van der Waals surface area contributed by atoms with Crippen LogP contribution in [0.25, 0.3) is 0 Å². The van der Waals surface area contributed by atoms with Crippen molar-refractivity contribution in [3.63, 3.8) is 0 Å². The molecule has 1 aliphatic heterocycles. The summed E-state index contributed by atoms with van der Waals surface area (Å²) in [5, 5.41) is 0. The summed E-state index contributed by atoms with van der Waals surface area (Å²) in [6, 6.07) is 0. The van der Waals surface area contributed by atoms with Crippen molar-refractivity contribution >= 4 is 5.91 Å². The van der Waals surface area contributed by atoms with E-state index in [1.807, 2.05) is 6.92 Å². The third-order valence-electron chi connectivity index (χ3n) is 3.92. The van der Waals surface area contributed by atoms with E-state index in [9.17, 15) is 4.79 Å². The molecule has 1 saturated carbocycles. The standard InChI is InChI=1S/C11H20N2O/c1-2-10(14)13-7-9-4-3-5-11(13,6-9)8-12/h9H,2-8,12H2,1H3. The van der Waals surface area contributed by atoms with Gasteiger partial charge >= 0.3 is 0 Å². The van der Waals surface area contributed by atoms with Gasteiger partial charge in [0.15, 0.2) is 0 Å². The number of nitrogens with zero attached hydrogens (tertiary/aromatic N) is 1. The van der Waals surface area contributed by atoms with E-state index in [1.165, 1.54) is 12.8 Å². The summed E-state index contributed by atoms with van der Waals surface area (Å²) in [7, 11) is 0. The molecule has 0 aromatic heterocycles. The number of carbonyl (C=O) groups is 1. The Kier molecular flexibility index (Phi) is 2.52. The zero-order valence-corrected chi connectivity index (χ0v) is 8.96. The number of rotatable bonds is 2. The number of nitrogens with two attached hydrogens (primary N) is 1. The smallest absolute Gasteiger partial charge is 0.222 e. The molecule has 1 saturated heterocycles. The number of fused-ring (bicyclic) bond motifs is 2. The molecule has 1 amide bonds. The minimum absolute atomic E-state index is 0.0377. The van der Waals surface area contributed by atoms with Gasteiger partial charge < -0.3 is 10.6 Å². The highest BCUT2D eigenvalue weighted by atomic mass is 16.2. The topological polar surface area (TPSA) is 46.3 Å². The normalized spacial score (nSPS) is 36.1. The molecule has 2 rings (SSSR count). The van der Waals surface area contributed by atoms with Crippen molar-refractivity contribution in [2.45, 2.75) is 44.6 Å². The SMILES string of the molecule is CCC(=O)N1CC2CCCC1(CN)C2. The lowest BCUT2D eigenvalue weighted by Gasteiger charge is -2.38. The lowest BCUT2D eigenvalue weighted by molar-refractivity contribution is -0.134. The number of hydrogen-bond acceptors (Lipinski definition) is 2. The molecule has 0 aromatic carbocycles. The Morgan fingerprint density at radius 3 is 3.07 bits per heavy atom. The molecular formula is C11H20N2O. The van der Waals surface area contributed by atoms with Crippen LogP contribution in [0.2, 0.25) is 0 Å². The predicted molar refractivity (Wildman–Crippen MR) is 55.7 cm³/mol. The van der Waals surface area contributed by atoms with Gasteiger partial charge in [0.1, 0.15) is 0 Å². The third kappa shape index (κ3) is 1.34. The molecule has 2 atom stereocenters. The van der Waals surface area contributed by atoms with Gasteiger partial charge in [-0.1, -0.05) is 13.3 Å². The van der Waals surface area contributed by atoms with Crippen LogP contribution >= 0.6 is 0 Å². The first-order valence-corrected chi connectivity index (χ1v) is 5.72. The first-order valence-electron chi connectivity index (χ1n) is 5.72. The minimum Gasteiger partial charge on any atom is -0.335 e. The van der Waals surface area contributed by atoms with Crippen molar-refractivity contribution in [3.8, 4) is 0 Å². The molecule has 0 radical (unpaired) electrons. The lowest BCUT2D eigenvalue weighted by Crippen LogP contribution is -2.52. The van der Waals surface area contributed by atoms with E-state index in [0.29, 0.717) is 18.9 Å². The maximum atomic E-state index is 11.8. The number of amides is 1. The molecular weight excluding hydrogens is 176 g/mol. The predicted octanol–water partition coefficient (Wildman–Crippen LogP) is 1.13. The van der Waals surface area contributed by atoms with Gasteiger partial charge in [0.25, 0.3) is 0 Å². The molecule has 2 aliphatic rings. The van der Waals surface area contributed by atoms with Crippen molar-refractivity contribution < 1.29 is 4.79 Å². The van der Waals surface area contributed by atoms with Crippen LogP contribution in [0.4, 0.5) is 0 Å². The van der Waals surface area contributed by atoms with Crippen LogP contribution in [0, 0.1) is 5.92 Å². The Bertz CT molecular complexity index is 241. The van der Waals surface area contributed by atoms with Gasteiger partial charge in [-0.05, 0) is 25.2 Å². The summed E-state index contributed by atoms with van der Waals surface area (Å²) >= 11 is 0. The van der Waals surface area contributed by atoms with Crippen LogP contribution in [-0.2, 0) is 4.79 Å². The molecule has 2 fully saturated rings. The van der Waals surface area contributed by atoms with E-state index >= 15 is 0 Å². The van der Waals surface area contributed by atoms with Gasteiger partial charge in [-0.3, -0.25) is 4.79 Å². The molecule has 2 N–H and O–H groups in total. The van der Waals surface area contributed by atoms with E-state index in [0.717, 1.165) is 25.3 Å². The first kappa shape index (κ1) is 9.97. The van der Waals surface area contributed by atoms with E-state index < -0.39 is 0 Å².